The Bertz CT molecular complexity index is 289. The van der Waals surface area contributed by atoms with Crippen molar-refractivity contribution in [1.29, 1.82) is 0 Å². The summed E-state index contributed by atoms with van der Waals surface area (Å²) in [7, 11) is 1.71. The van der Waals surface area contributed by atoms with Crippen LogP contribution in [-0.2, 0) is 9.47 Å². The number of rotatable bonds is 5. The second-order valence-electron chi connectivity index (χ2n) is 6.29. The van der Waals surface area contributed by atoms with Crippen LogP contribution in [0, 0.1) is 5.92 Å². The summed E-state index contributed by atoms with van der Waals surface area (Å²) in [5.74, 6) is 0.511. The molecule has 1 aliphatic heterocycles. The summed E-state index contributed by atoms with van der Waals surface area (Å²) in [6.07, 6.45) is 1.07. The van der Waals surface area contributed by atoms with Crippen molar-refractivity contribution in [2.45, 2.75) is 45.8 Å². The van der Waals surface area contributed by atoms with Gasteiger partial charge in [0.25, 0.3) is 0 Å². The van der Waals surface area contributed by atoms with E-state index < -0.39 is 5.60 Å². The van der Waals surface area contributed by atoms with Crippen LogP contribution < -0.4 is 5.32 Å². The third-order valence-electron chi connectivity index (χ3n) is 3.20. The standard InChI is InChI=1S/C14H28N2O3/c1-11(18-5)8-15-9-12-6-7-16(10-12)13(17)19-14(2,3)4/h11-12,15H,6-10H2,1-5H3/t11-,12-/m1/s1. The van der Waals surface area contributed by atoms with Crippen LogP contribution in [-0.4, -0.2) is 56.0 Å². The van der Waals surface area contributed by atoms with Crippen LogP contribution in [0.2, 0.25) is 0 Å². The average molecular weight is 272 g/mol. The molecule has 1 heterocycles. The van der Waals surface area contributed by atoms with Crippen molar-refractivity contribution in [3.8, 4) is 0 Å². The number of carbonyl (C=O) groups is 1. The molecule has 5 nitrogen and oxygen atoms in total. The Morgan fingerprint density at radius 3 is 2.74 bits per heavy atom. The van der Waals surface area contributed by atoms with Gasteiger partial charge in [0.1, 0.15) is 5.60 Å². The van der Waals surface area contributed by atoms with Gasteiger partial charge in [0.15, 0.2) is 0 Å². The molecule has 1 N–H and O–H groups in total. The SMILES string of the molecule is CO[C@H](C)CNC[C@H]1CCN(C(=O)OC(C)(C)C)C1. The van der Waals surface area contributed by atoms with Crippen molar-refractivity contribution < 1.29 is 14.3 Å². The van der Waals surface area contributed by atoms with Crippen molar-refractivity contribution in [3.63, 3.8) is 0 Å². The van der Waals surface area contributed by atoms with Gasteiger partial charge in [0.05, 0.1) is 6.10 Å². The summed E-state index contributed by atoms with van der Waals surface area (Å²) >= 11 is 0. The molecule has 0 aliphatic carbocycles. The van der Waals surface area contributed by atoms with Gasteiger partial charge in [-0.05, 0) is 46.6 Å². The van der Waals surface area contributed by atoms with Crippen LogP contribution in [0.15, 0.2) is 0 Å². The number of nitrogens with zero attached hydrogens (tertiary/aromatic N) is 1. The molecule has 0 aromatic rings. The molecule has 1 amide bonds. The van der Waals surface area contributed by atoms with E-state index in [1.54, 1.807) is 12.0 Å². The molecule has 0 saturated carbocycles. The second kappa shape index (κ2) is 7.10. The Kier molecular flexibility index (Phi) is 6.07. The molecule has 0 radical (unpaired) electrons. The van der Waals surface area contributed by atoms with Gasteiger partial charge in [-0.1, -0.05) is 0 Å². The number of nitrogens with one attached hydrogen (secondary N) is 1. The first kappa shape index (κ1) is 16.2. The minimum Gasteiger partial charge on any atom is -0.444 e. The van der Waals surface area contributed by atoms with Crippen LogP contribution in [0.4, 0.5) is 4.79 Å². The molecule has 0 bridgehead atoms. The molecular formula is C14H28N2O3. The summed E-state index contributed by atoms with van der Waals surface area (Å²) in [5, 5.41) is 3.38. The van der Waals surface area contributed by atoms with Crippen molar-refractivity contribution in [3.05, 3.63) is 0 Å². The van der Waals surface area contributed by atoms with E-state index in [1.807, 2.05) is 27.7 Å². The van der Waals surface area contributed by atoms with Crippen molar-refractivity contribution in [1.82, 2.24) is 10.2 Å². The summed E-state index contributed by atoms with van der Waals surface area (Å²) in [6.45, 7) is 11.1. The molecule has 0 spiro atoms. The minimum absolute atomic E-state index is 0.194. The monoisotopic (exact) mass is 272 g/mol. The molecule has 0 aromatic heterocycles. The normalized spacial score (nSPS) is 21.5. The number of carbonyl (C=O) groups excluding carboxylic acids is 1. The minimum atomic E-state index is -0.415. The molecule has 1 saturated heterocycles. The van der Waals surface area contributed by atoms with E-state index in [9.17, 15) is 4.79 Å². The third kappa shape index (κ3) is 6.25. The van der Waals surface area contributed by atoms with Gasteiger partial charge in [-0.25, -0.2) is 4.79 Å². The van der Waals surface area contributed by atoms with Gasteiger partial charge in [0.2, 0.25) is 0 Å². The zero-order valence-electron chi connectivity index (χ0n) is 12.9. The van der Waals surface area contributed by atoms with Crippen molar-refractivity contribution >= 4 is 6.09 Å². The molecule has 19 heavy (non-hydrogen) atoms. The molecule has 1 rings (SSSR count). The molecule has 0 unspecified atom stereocenters. The summed E-state index contributed by atoms with van der Waals surface area (Å²) < 4.78 is 10.6. The Balaban J connectivity index is 2.24. The van der Waals surface area contributed by atoms with Gasteiger partial charge in [-0.15, -0.1) is 0 Å². The second-order valence-corrected chi connectivity index (χ2v) is 6.29. The van der Waals surface area contributed by atoms with E-state index in [2.05, 4.69) is 5.32 Å². The number of methoxy groups -OCH3 is 1. The lowest BCUT2D eigenvalue weighted by Crippen LogP contribution is -2.36. The fraction of sp³-hybridized carbons (Fsp3) is 0.929. The smallest absolute Gasteiger partial charge is 0.410 e. The lowest BCUT2D eigenvalue weighted by atomic mass is 10.1. The Morgan fingerprint density at radius 1 is 1.47 bits per heavy atom. The number of ether oxygens (including phenoxy) is 2. The molecule has 1 fully saturated rings. The first-order valence-electron chi connectivity index (χ1n) is 7.03. The fourth-order valence-electron chi connectivity index (χ4n) is 2.07. The van der Waals surface area contributed by atoms with E-state index in [0.29, 0.717) is 5.92 Å². The predicted molar refractivity (Wildman–Crippen MR) is 75.3 cm³/mol. The van der Waals surface area contributed by atoms with Crippen LogP contribution in [0.3, 0.4) is 0 Å². The number of amides is 1. The number of likely N-dealkylation sites (tertiary alicyclic amines) is 1. The molecule has 2 atom stereocenters. The maximum atomic E-state index is 11.9. The van der Waals surface area contributed by atoms with Gasteiger partial charge < -0.3 is 19.7 Å². The summed E-state index contributed by atoms with van der Waals surface area (Å²) in [6, 6.07) is 0. The lowest BCUT2D eigenvalue weighted by Gasteiger charge is -2.24. The molecule has 0 aromatic carbocycles. The fourth-order valence-corrected chi connectivity index (χ4v) is 2.07. The number of hydrogen-bond acceptors (Lipinski definition) is 4. The third-order valence-corrected chi connectivity index (χ3v) is 3.20. The predicted octanol–water partition coefficient (Wildman–Crippen LogP) is 1.87. The van der Waals surface area contributed by atoms with E-state index in [0.717, 1.165) is 32.6 Å². The summed E-state index contributed by atoms with van der Waals surface area (Å²) in [5.41, 5.74) is -0.415. The Labute approximate surface area is 116 Å². The molecule has 1 aliphatic rings. The van der Waals surface area contributed by atoms with Crippen LogP contribution in [0.5, 0.6) is 0 Å². The van der Waals surface area contributed by atoms with E-state index in [4.69, 9.17) is 9.47 Å². The van der Waals surface area contributed by atoms with Crippen molar-refractivity contribution in [2.75, 3.05) is 33.3 Å². The summed E-state index contributed by atoms with van der Waals surface area (Å²) in [4.78, 5) is 13.7. The van der Waals surface area contributed by atoms with Gasteiger partial charge >= 0.3 is 6.09 Å². The number of hydrogen-bond donors (Lipinski definition) is 1. The van der Waals surface area contributed by atoms with Gasteiger partial charge in [-0.3, -0.25) is 0 Å². The van der Waals surface area contributed by atoms with Crippen LogP contribution in [0.1, 0.15) is 34.1 Å². The van der Waals surface area contributed by atoms with Crippen LogP contribution in [0.25, 0.3) is 0 Å². The van der Waals surface area contributed by atoms with E-state index in [1.165, 1.54) is 0 Å². The van der Waals surface area contributed by atoms with E-state index in [-0.39, 0.29) is 12.2 Å². The highest BCUT2D eigenvalue weighted by Gasteiger charge is 2.29. The quantitative estimate of drug-likeness (QED) is 0.830. The zero-order valence-corrected chi connectivity index (χ0v) is 12.9. The maximum absolute atomic E-state index is 11.9. The highest BCUT2D eigenvalue weighted by atomic mass is 16.6. The Hall–Kier alpha value is -0.810. The topological polar surface area (TPSA) is 50.8 Å². The molecule has 112 valence electrons. The molecular weight excluding hydrogens is 244 g/mol. The Morgan fingerprint density at radius 2 is 2.16 bits per heavy atom. The highest BCUT2D eigenvalue weighted by molar-refractivity contribution is 5.68. The first-order chi connectivity index (χ1) is 8.81. The zero-order chi connectivity index (χ0) is 14.5. The molecule has 5 heteroatoms. The highest BCUT2D eigenvalue weighted by Crippen LogP contribution is 2.18. The van der Waals surface area contributed by atoms with Gasteiger partial charge in [0, 0.05) is 26.7 Å². The average Bonchev–Trinajstić information content (AvgIpc) is 2.75. The first-order valence-corrected chi connectivity index (χ1v) is 7.03. The van der Waals surface area contributed by atoms with Crippen LogP contribution >= 0.6 is 0 Å². The largest absolute Gasteiger partial charge is 0.444 e. The van der Waals surface area contributed by atoms with Gasteiger partial charge in [-0.2, -0.15) is 0 Å². The van der Waals surface area contributed by atoms with Crippen molar-refractivity contribution in [2.24, 2.45) is 5.92 Å². The van der Waals surface area contributed by atoms with E-state index >= 15 is 0 Å². The maximum Gasteiger partial charge on any atom is 0.410 e. The lowest BCUT2D eigenvalue weighted by molar-refractivity contribution is 0.0288.